The number of benzene rings is 5. The lowest BCUT2D eigenvalue weighted by Gasteiger charge is -2.13. The molecular weight excluding hydrogens is 614 g/mol. The van der Waals surface area contributed by atoms with E-state index in [1.807, 2.05) is 78.9 Å². The third-order valence-electron chi connectivity index (χ3n) is 6.99. The van der Waals surface area contributed by atoms with Crippen molar-refractivity contribution >= 4 is 66.4 Å². The second-order valence-corrected chi connectivity index (χ2v) is 11.1. The molecule has 0 aliphatic heterocycles. The number of hydrogen-bond acceptors (Lipinski definition) is 5. The van der Waals surface area contributed by atoms with Crippen LogP contribution < -0.4 is 10.3 Å². The molecule has 0 amide bonds. The second-order valence-electron chi connectivity index (χ2n) is 9.72. The molecule has 0 saturated carbocycles. The van der Waals surface area contributed by atoms with E-state index in [4.69, 9.17) is 30.8 Å². The molecule has 2 aromatic heterocycles. The van der Waals surface area contributed by atoms with Gasteiger partial charge in [-0.3, -0.25) is 4.79 Å². The lowest BCUT2D eigenvalue weighted by atomic mass is 10.0. The fraction of sp³-hybridized carbons (Fsp3) is 0.0294. The van der Waals surface area contributed by atoms with E-state index in [1.165, 1.54) is 4.68 Å². The molecule has 2 heterocycles. The van der Waals surface area contributed by atoms with Crippen molar-refractivity contribution in [3.63, 3.8) is 0 Å². The molecule has 0 radical (unpaired) electrons. The standard InChI is InChI=1S/C34H21BrClN3O3/c35-24-12-9-21(10-13-24)20-41-31-15-11-22-5-1-2-6-26(22)28(31)19-37-39-33(38-29-8-4-3-7-27(29)34(39)40)32-18-23-17-25(36)14-16-30(23)42-32/h1-19H,20H2. The maximum absolute atomic E-state index is 13.8. The Morgan fingerprint density at radius 1 is 0.881 bits per heavy atom. The number of aromatic nitrogens is 2. The quantitative estimate of drug-likeness (QED) is 0.171. The molecule has 7 rings (SSSR count). The fourth-order valence-electron chi connectivity index (χ4n) is 4.91. The van der Waals surface area contributed by atoms with Crippen LogP contribution in [-0.4, -0.2) is 15.9 Å². The van der Waals surface area contributed by atoms with Gasteiger partial charge in [0.25, 0.3) is 5.56 Å². The number of rotatable bonds is 6. The zero-order valence-electron chi connectivity index (χ0n) is 22.0. The fourth-order valence-corrected chi connectivity index (χ4v) is 5.35. The van der Waals surface area contributed by atoms with Crippen LogP contribution >= 0.6 is 27.5 Å². The Morgan fingerprint density at radius 3 is 2.52 bits per heavy atom. The summed E-state index contributed by atoms with van der Waals surface area (Å²) in [4.78, 5) is 18.6. The van der Waals surface area contributed by atoms with Gasteiger partial charge < -0.3 is 9.15 Å². The number of furan rings is 1. The SMILES string of the molecule is O=c1c2ccccc2nc(-c2cc3cc(Cl)ccc3o2)n1N=Cc1c(OCc2ccc(Br)cc2)ccc2ccccc12. The minimum Gasteiger partial charge on any atom is -0.488 e. The minimum absolute atomic E-state index is 0.278. The van der Waals surface area contributed by atoms with Gasteiger partial charge in [0.05, 0.1) is 17.1 Å². The summed E-state index contributed by atoms with van der Waals surface area (Å²) in [6.45, 7) is 0.372. The molecule has 0 bridgehead atoms. The van der Waals surface area contributed by atoms with Crippen LogP contribution in [0.2, 0.25) is 5.02 Å². The van der Waals surface area contributed by atoms with Crippen molar-refractivity contribution in [2.75, 3.05) is 0 Å². The van der Waals surface area contributed by atoms with E-state index in [-0.39, 0.29) is 11.4 Å². The van der Waals surface area contributed by atoms with Crippen molar-refractivity contribution in [1.82, 2.24) is 9.66 Å². The zero-order chi connectivity index (χ0) is 28.6. The molecule has 0 aliphatic rings. The Labute approximate surface area is 253 Å². The summed E-state index contributed by atoms with van der Waals surface area (Å²) in [5.74, 6) is 1.32. The predicted molar refractivity (Wildman–Crippen MR) is 172 cm³/mol. The van der Waals surface area contributed by atoms with Crippen molar-refractivity contribution < 1.29 is 9.15 Å². The molecule has 204 valence electrons. The van der Waals surface area contributed by atoms with E-state index in [2.05, 4.69) is 15.9 Å². The summed E-state index contributed by atoms with van der Waals surface area (Å²) in [5.41, 5.74) is 2.63. The van der Waals surface area contributed by atoms with Crippen molar-refractivity contribution in [3.8, 4) is 17.3 Å². The number of halogens is 2. The van der Waals surface area contributed by atoms with Crippen LogP contribution in [0.15, 0.2) is 128 Å². The van der Waals surface area contributed by atoms with Crippen molar-refractivity contribution in [2.45, 2.75) is 6.61 Å². The monoisotopic (exact) mass is 633 g/mol. The van der Waals surface area contributed by atoms with Gasteiger partial charge in [-0.05, 0) is 70.9 Å². The highest BCUT2D eigenvalue weighted by Crippen LogP contribution is 2.30. The number of ether oxygens (including phenoxy) is 1. The first-order valence-electron chi connectivity index (χ1n) is 13.2. The highest BCUT2D eigenvalue weighted by molar-refractivity contribution is 9.10. The Balaban J connectivity index is 1.38. The van der Waals surface area contributed by atoms with E-state index < -0.39 is 0 Å². The second kappa shape index (κ2) is 10.9. The first kappa shape index (κ1) is 26.2. The molecule has 0 unspecified atom stereocenters. The topological polar surface area (TPSA) is 69.6 Å². The maximum Gasteiger partial charge on any atom is 0.282 e. The summed E-state index contributed by atoms with van der Waals surface area (Å²) in [7, 11) is 0. The van der Waals surface area contributed by atoms with E-state index in [0.29, 0.717) is 39.6 Å². The van der Waals surface area contributed by atoms with Crippen molar-refractivity contribution in [1.29, 1.82) is 0 Å². The third kappa shape index (κ3) is 4.98. The van der Waals surface area contributed by atoms with Gasteiger partial charge in [-0.1, -0.05) is 82.1 Å². The zero-order valence-corrected chi connectivity index (χ0v) is 24.3. The Morgan fingerprint density at radius 2 is 1.67 bits per heavy atom. The Hall–Kier alpha value is -4.72. The Kier molecular flexibility index (Phi) is 6.82. The van der Waals surface area contributed by atoms with E-state index in [9.17, 15) is 4.79 Å². The molecule has 42 heavy (non-hydrogen) atoms. The van der Waals surface area contributed by atoms with Gasteiger partial charge in [-0.15, -0.1) is 0 Å². The van der Waals surface area contributed by atoms with Crippen LogP contribution in [-0.2, 0) is 6.61 Å². The summed E-state index contributed by atoms with van der Waals surface area (Å²) < 4.78 is 14.7. The van der Waals surface area contributed by atoms with Gasteiger partial charge in [-0.2, -0.15) is 9.78 Å². The van der Waals surface area contributed by atoms with Crippen LogP contribution in [0, 0.1) is 0 Å². The molecule has 0 saturated heterocycles. The van der Waals surface area contributed by atoms with Crippen LogP contribution in [0.25, 0.3) is 44.2 Å². The summed E-state index contributed by atoms with van der Waals surface area (Å²) in [6.07, 6.45) is 1.65. The average Bonchev–Trinajstić information content (AvgIpc) is 3.43. The molecule has 0 N–H and O–H groups in total. The predicted octanol–water partition coefficient (Wildman–Crippen LogP) is 8.84. The first-order chi connectivity index (χ1) is 20.5. The lowest BCUT2D eigenvalue weighted by Crippen LogP contribution is -2.20. The number of para-hydroxylation sites is 1. The molecular formula is C34H21BrClN3O3. The number of nitrogens with zero attached hydrogens (tertiary/aromatic N) is 3. The van der Waals surface area contributed by atoms with E-state index >= 15 is 0 Å². The van der Waals surface area contributed by atoms with Crippen LogP contribution in [0.5, 0.6) is 5.75 Å². The van der Waals surface area contributed by atoms with Gasteiger partial charge in [0.2, 0.25) is 5.82 Å². The highest BCUT2D eigenvalue weighted by atomic mass is 79.9. The van der Waals surface area contributed by atoms with E-state index in [0.717, 1.165) is 31.8 Å². The summed E-state index contributed by atoms with van der Waals surface area (Å²) >= 11 is 9.69. The number of hydrogen-bond donors (Lipinski definition) is 0. The number of fused-ring (bicyclic) bond motifs is 3. The molecule has 0 spiro atoms. The largest absolute Gasteiger partial charge is 0.488 e. The van der Waals surface area contributed by atoms with Crippen LogP contribution in [0.1, 0.15) is 11.1 Å². The van der Waals surface area contributed by atoms with Gasteiger partial charge >= 0.3 is 0 Å². The molecule has 0 atom stereocenters. The van der Waals surface area contributed by atoms with Gasteiger partial charge in [0.1, 0.15) is 17.9 Å². The minimum atomic E-state index is -0.317. The van der Waals surface area contributed by atoms with E-state index in [1.54, 1.807) is 36.5 Å². The Bertz CT molecular complexity index is 2200. The van der Waals surface area contributed by atoms with Crippen molar-refractivity contribution in [2.24, 2.45) is 5.10 Å². The van der Waals surface area contributed by atoms with Gasteiger partial charge in [0.15, 0.2) is 5.76 Å². The normalized spacial score (nSPS) is 11.7. The average molecular weight is 635 g/mol. The molecule has 0 fully saturated rings. The highest BCUT2D eigenvalue weighted by Gasteiger charge is 2.17. The maximum atomic E-state index is 13.8. The molecule has 7 aromatic rings. The van der Waals surface area contributed by atoms with Crippen molar-refractivity contribution in [3.05, 3.63) is 140 Å². The molecule has 5 aromatic carbocycles. The van der Waals surface area contributed by atoms with Crippen LogP contribution in [0.4, 0.5) is 0 Å². The third-order valence-corrected chi connectivity index (χ3v) is 7.76. The molecule has 6 nitrogen and oxygen atoms in total. The lowest BCUT2D eigenvalue weighted by molar-refractivity contribution is 0.306. The molecule has 0 aliphatic carbocycles. The molecule has 8 heteroatoms. The first-order valence-corrected chi connectivity index (χ1v) is 14.4. The summed E-state index contributed by atoms with van der Waals surface area (Å²) in [5, 5.41) is 8.51. The van der Waals surface area contributed by atoms with Gasteiger partial charge in [-0.25, -0.2) is 4.98 Å². The van der Waals surface area contributed by atoms with Crippen LogP contribution in [0.3, 0.4) is 0 Å². The van der Waals surface area contributed by atoms with Gasteiger partial charge in [0, 0.05) is 20.4 Å². The smallest absolute Gasteiger partial charge is 0.282 e. The summed E-state index contributed by atoms with van der Waals surface area (Å²) in [6, 6.07) is 34.2.